The van der Waals surface area contributed by atoms with Gasteiger partial charge >= 0.3 is 0 Å². The van der Waals surface area contributed by atoms with Crippen molar-refractivity contribution in [3.8, 4) is 5.75 Å². The molecule has 2 aliphatic heterocycles. The smallest absolute Gasteiger partial charge is 0.176 e. The maximum Gasteiger partial charge on any atom is 0.176 e. The summed E-state index contributed by atoms with van der Waals surface area (Å²) in [6.45, 7) is 6.52. The van der Waals surface area contributed by atoms with Crippen molar-refractivity contribution >= 4 is 22.9 Å². The molecule has 1 aromatic rings. The number of rotatable bonds is 4. The number of Topliss-reactive ketones (excluding diaryl/α,β-unsaturated/α-hetero) is 1. The van der Waals surface area contributed by atoms with Gasteiger partial charge in [-0.05, 0) is 74.5 Å². The lowest BCUT2D eigenvalue weighted by Crippen LogP contribution is -2.28. The number of aliphatic imine (C=N–C) groups is 1. The monoisotopic (exact) mass is 493 g/mol. The van der Waals surface area contributed by atoms with Crippen molar-refractivity contribution in [2.75, 3.05) is 33.9 Å². The Hall–Kier alpha value is -2.73. The molecule has 0 saturated heterocycles. The number of benzene rings is 1. The van der Waals surface area contributed by atoms with Gasteiger partial charge in [-0.15, -0.1) is 0 Å². The molecule has 2 unspecified atom stereocenters. The van der Waals surface area contributed by atoms with Gasteiger partial charge in [-0.25, -0.2) is 4.99 Å². The maximum absolute atomic E-state index is 12.6. The van der Waals surface area contributed by atoms with E-state index in [0.29, 0.717) is 44.3 Å². The summed E-state index contributed by atoms with van der Waals surface area (Å²) in [7, 11) is 3.85. The van der Waals surface area contributed by atoms with Crippen LogP contribution in [-0.4, -0.2) is 56.1 Å². The first-order valence-corrected chi connectivity index (χ1v) is 13.4. The van der Waals surface area contributed by atoms with Gasteiger partial charge in [0.05, 0.1) is 12.3 Å². The van der Waals surface area contributed by atoms with Crippen LogP contribution in [0.5, 0.6) is 5.75 Å². The van der Waals surface area contributed by atoms with Crippen molar-refractivity contribution in [2.45, 2.75) is 65.2 Å². The summed E-state index contributed by atoms with van der Waals surface area (Å²) in [5.41, 5.74) is 3.52. The summed E-state index contributed by atoms with van der Waals surface area (Å²) in [5.74, 6) is 2.53. The molecule has 2 heterocycles. The summed E-state index contributed by atoms with van der Waals surface area (Å²) in [5, 5.41) is 8.22. The minimum Gasteiger partial charge on any atom is -0.494 e. The van der Waals surface area contributed by atoms with Crippen molar-refractivity contribution in [3.63, 3.8) is 0 Å². The van der Waals surface area contributed by atoms with Crippen LogP contribution in [0.4, 0.5) is 0 Å². The molecular weight excluding hydrogens is 450 g/mol. The molecule has 2 atom stereocenters. The first-order valence-electron chi connectivity index (χ1n) is 13.4. The largest absolute Gasteiger partial charge is 0.494 e. The molecule has 36 heavy (non-hydrogen) atoms. The fraction of sp³-hybridized carbons (Fsp3) is 0.567. The van der Waals surface area contributed by atoms with Gasteiger partial charge in [-0.1, -0.05) is 38.1 Å². The molecule has 196 valence electrons. The Morgan fingerprint density at radius 3 is 2.86 bits per heavy atom. The number of nitrogens with one attached hydrogen (secondary N) is 1. The van der Waals surface area contributed by atoms with E-state index in [9.17, 15) is 4.79 Å². The summed E-state index contributed by atoms with van der Waals surface area (Å²) in [6.07, 6.45) is 10.5. The molecule has 2 aliphatic rings. The molecule has 0 spiro atoms. The van der Waals surface area contributed by atoms with Crippen LogP contribution in [-0.2, 0) is 9.53 Å². The van der Waals surface area contributed by atoms with Crippen LogP contribution in [0.3, 0.4) is 0 Å². The van der Waals surface area contributed by atoms with E-state index >= 15 is 0 Å². The Kier molecular flexibility index (Phi) is 10.9. The summed E-state index contributed by atoms with van der Waals surface area (Å²) < 4.78 is 11.4. The quantitative estimate of drug-likeness (QED) is 0.533. The minimum atomic E-state index is -0.0514. The number of amidine groups is 1. The van der Waals surface area contributed by atoms with Gasteiger partial charge in [-0.2, -0.15) is 0 Å². The van der Waals surface area contributed by atoms with Gasteiger partial charge in [0, 0.05) is 45.0 Å². The highest BCUT2D eigenvalue weighted by molar-refractivity contribution is 6.38. The van der Waals surface area contributed by atoms with E-state index in [1.165, 1.54) is 0 Å². The molecule has 0 saturated carbocycles. The molecule has 6 heteroatoms. The van der Waals surface area contributed by atoms with Gasteiger partial charge < -0.3 is 19.8 Å². The Labute approximate surface area is 217 Å². The molecule has 1 N–H and O–H groups in total. The van der Waals surface area contributed by atoms with Gasteiger partial charge in [0.2, 0.25) is 0 Å². The molecule has 1 aromatic carbocycles. The first kappa shape index (κ1) is 27.9. The Morgan fingerprint density at radius 1 is 1.25 bits per heavy atom. The third-order valence-electron chi connectivity index (χ3n) is 7.10. The Morgan fingerprint density at radius 2 is 2.08 bits per heavy atom. The average molecular weight is 494 g/mol. The number of hydrogen-bond acceptors (Lipinski definition) is 6. The summed E-state index contributed by atoms with van der Waals surface area (Å²) >= 11 is 0. The lowest BCUT2D eigenvalue weighted by atomic mass is 9.93. The topological polar surface area (TPSA) is 75.0 Å². The molecule has 0 radical (unpaired) electrons. The SMILES string of the molecule is CC/C1=C/CC(CCOC)CCC(=O)C(=N)CCCOc2cccc(c2)C2=CC(C)CCN(C)C2=N1. The second-order valence-corrected chi connectivity index (χ2v) is 10.1. The fourth-order valence-corrected chi connectivity index (χ4v) is 4.71. The van der Waals surface area contributed by atoms with E-state index < -0.39 is 0 Å². The van der Waals surface area contributed by atoms with Crippen LogP contribution in [0.1, 0.15) is 70.8 Å². The number of ether oxygens (including phenoxy) is 2. The van der Waals surface area contributed by atoms with E-state index in [1.807, 2.05) is 12.1 Å². The zero-order chi connectivity index (χ0) is 25.9. The highest BCUT2D eigenvalue weighted by atomic mass is 16.5. The molecule has 2 bridgehead atoms. The first-order chi connectivity index (χ1) is 17.4. The second kappa shape index (κ2) is 14.1. The molecule has 0 amide bonds. The highest BCUT2D eigenvalue weighted by Crippen LogP contribution is 2.29. The highest BCUT2D eigenvalue weighted by Gasteiger charge is 2.21. The predicted octanol–water partition coefficient (Wildman–Crippen LogP) is 6.32. The second-order valence-electron chi connectivity index (χ2n) is 10.1. The van der Waals surface area contributed by atoms with Crippen LogP contribution in [0.25, 0.3) is 5.57 Å². The molecule has 0 fully saturated rings. The maximum atomic E-state index is 12.6. The number of ketones is 1. The molecule has 6 nitrogen and oxygen atoms in total. The van der Waals surface area contributed by atoms with Crippen LogP contribution in [0, 0.1) is 17.2 Å². The molecule has 3 rings (SSSR count). The number of fused-ring (bicyclic) bond motifs is 4. The van der Waals surface area contributed by atoms with Gasteiger partial charge in [0.1, 0.15) is 11.6 Å². The molecule has 0 aromatic heterocycles. The van der Waals surface area contributed by atoms with Crippen molar-refractivity contribution in [2.24, 2.45) is 16.8 Å². The van der Waals surface area contributed by atoms with Gasteiger partial charge in [0.25, 0.3) is 0 Å². The van der Waals surface area contributed by atoms with E-state index in [0.717, 1.165) is 67.1 Å². The molecule has 0 aliphatic carbocycles. The normalized spacial score (nSPS) is 24.2. The van der Waals surface area contributed by atoms with Crippen molar-refractivity contribution < 1.29 is 14.3 Å². The van der Waals surface area contributed by atoms with Crippen molar-refractivity contribution in [1.29, 1.82) is 5.41 Å². The van der Waals surface area contributed by atoms with Crippen LogP contribution in [0.2, 0.25) is 0 Å². The van der Waals surface area contributed by atoms with E-state index in [-0.39, 0.29) is 11.5 Å². The number of allylic oxidation sites excluding steroid dienone is 3. The van der Waals surface area contributed by atoms with E-state index in [4.69, 9.17) is 19.9 Å². The molecular formula is C30H43N3O3. The number of nitrogens with zero attached hydrogens (tertiary/aromatic N) is 2. The number of carbonyl (C=O) groups is 1. The third-order valence-corrected chi connectivity index (χ3v) is 7.10. The Balaban J connectivity index is 2.02. The number of methoxy groups -OCH3 is 1. The Bertz CT molecular complexity index is 995. The van der Waals surface area contributed by atoms with Gasteiger partial charge in [-0.3, -0.25) is 4.79 Å². The fourth-order valence-electron chi connectivity index (χ4n) is 4.71. The van der Waals surface area contributed by atoms with E-state index in [1.54, 1.807) is 7.11 Å². The minimum absolute atomic E-state index is 0.0514. The van der Waals surface area contributed by atoms with Crippen LogP contribution < -0.4 is 4.74 Å². The summed E-state index contributed by atoms with van der Waals surface area (Å²) in [6, 6.07) is 8.21. The van der Waals surface area contributed by atoms with Crippen LogP contribution >= 0.6 is 0 Å². The predicted molar refractivity (Wildman–Crippen MR) is 148 cm³/mol. The van der Waals surface area contributed by atoms with Crippen LogP contribution in [0.15, 0.2) is 47.1 Å². The number of hydrogen-bond donors (Lipinski definition) is 1. The third kappa shape index (κ3) is 8.16. The zero-order valence-corrected chi connectivity index (χ0v) is 22.5. The lowest BCUT2D eigenvalue weighted by molar-refractivity contribution is -0.113. The average Bonchev–Trinajstić information content (AvgIpc) is 3.02. The van der Waals surface area contributed by atoms with Crippen molar-refractivity contribution in [1.82, 2.24) is 4.90 Å². The standard InChI is InChI=1S/C30H43N3O3/c1-5-25-13-11-23(16-19-35-4)12-14-29(34)28(31)10-7-18-36-26-9-6-8-24(21-26)27-20-22(2)15-17-33(3)30(27)32-25/h6,8-9,13,20-23,31H,5,7,10-12,14-19H2,1-4H3/b25-13-,31-28?,32-30?. The van der Waals surface area contributed by atoms with Crippen molar-refractivity contribution in [3.05, 3.63) is 47.7 Å². The zero-order valence-electron chi connectivity index (χ0n) is 22.5. The lowest BCUT2D eigenvalue weighted by Gasteiger charge is -2.22. The van der Waals surface area contributed by atoms with E-state index in [2.05, 4.69) is 50.1 Å². The number of likely N-dealkylation sites (N-methyl/N-ethyl adjacent to an activating group) is 1. The number of carbonyl (C=O) groups excluding carboxylic acids is 1. The summed E-state index contributed by atoms with van der Waals surface area (Å²) in [4.78, 5) is 20.1. The van der Waals surface area contributed by atoms with Gasteiger partial charge in [0.15, 0.2) is 5.78 Å².